The molecule has 3 aromatic carbocycles. The SMILES string of the molecule is S=c1oc(CSc2nnc(-c3ccccc3)c(-c3ccccc3)n2)nn1CNc1ccc(Cl)cc1. The van der Waals surface area contributed by atoms with Gasteiger partial charge in [-0.15, -0.1) is 15.3 Å². The van der Waals surface area contributed by atoms with E-state index in [1.807, 2.05) is 84.9 Å². The molecule has 5 aromatic rings. The molecule has 35 heavy (non-hydrogen) atoms. The molecule has 2 heterocycles. The van der Waals surface area contributed by atoms with Crippen molar-refractivity contribution >= 4 is 41.3 Å². The fourth-order valence-corrected chi connectivity index (χ4v) is 4.28. The minimum absolute atomic E-state index is 0.283. The van der Waals surface area contributed by atoms with Crippen LogP contribution in [0.15, 0.2) is 94.5 Å². The number of nitrogens with one attached hydrogen (secondary N) is 1. The molecule has 0 aliphatic rings. The van der Waals surface area contributed by atoms with Crippen LogP contribution < -0.4 is 5.32 Å². The Hall–Kier alpha value is -3.53. The van der Waals surface area contributed by atoms with Gasteiger partial charge in [0, 0.05) is 21.8 Å². The second-order valence-electron chi connectivity index (χ2n) is 7.42. The minimum atomic E-state index is 0.283. The monoisotopic (exact) mass is 518 g/mol. The highest BCUT2D eigenvalue weighted by Gasteiger charge is 2.15. The normalized spacial score (nSPS) is 10.9. The first-order valence-electron chi connectivity index (χ1n) is 10.7. The van der Waals surface area contributed by atoms with Crippen LogP contribution in [0.5, 0.6) is 0 Å². The summed E-state index contributed by atoms with van der Waals surface area (Å²) in [7, 11) is 0. The van der Waals surface area contributed by atoms with Crippen molar-refractivity contribution in [1.82, 2.24) is 25.0 Å². The summed E-state index contributed by atoms with van der Waals surface area (Å²) in [5.74, 6) is 0.896. The average molecular weight is 519 g/mol. The van der Waals surface area contributed by atoms with Gasteiger partial charge in [-0.2, -0.15) is 0 Å². The molecule has 0 aliphatic heterocycles. The van der Waals surface area contributed by atoms with E-state index in [1.165, 1.54) is 11.8 Å². The Balaban J connectivity index is 1.32. The Kier molecular flexibility index (Phi) is 7.17. The third kappa shape index (κ3) is 5.76. The Morgan fingerprint density at radius 2 is 1.51 bits per heavy atom. The molecule has 7 nitrogen and oxygen atoms in total. The van der Waals surface area contributed by atoms with Gasteiger partial charge in [0.2, 0.25) is 11.0 Å². The maximum absolute atomic E-state index is 5.93. The number of hydrogen-bond donors (Lipinski definition) is 1. The van der Waals surface area contributed by atoms with Crippen LogP contribution in [0.3, 0.4) is 0 Å². The minimum Gasteiger partial charge on any atom is -0.413 e. The number of thioether (sulfide) groups is 1. The van der Waals surface area contributed by atoms with Crippen LogP contribution in [0, 0.1) is 4.84 Å². The van der Waals surface area contributed by atoms with Gasteiger partial charge in [0.25, 0.3) is 4.84 Å². The maximum atomic E-state index is 5.93. The highest BCUT2D eigenvalue weighted by atomic mass is 35.5. The lowest BCUT2D eigenvalue weighted by molar-refractivity contribution is 0.488. The van der Waals surface area contributed by atoms with Crippen LogP contribution in [0.4, 0.5) is 5.69 Å². The number of halogens is 1. The molecule has 0 saturated heterocycles. The van der Waals surface area contributed by atoms with Gasteiger partial charge in [0.1, 0.15) is 18.1 Å². The molecule has 2 aromatic heterocycles. The zero-order valence-corrected chi connectivity index (χ0v) is 20.7. The molecule has 174 valence electrons. The predicted molar refractivity (Wildman–Crippen MR) is 141 cm³/mol. The molecule has 0 unspecified atom stereocenters. The first-order valence-corrected chi connectivity index (χ1v) is 12.5. The fraction of sp³-hybridized carbons (Fsp3) is 0.0800. The standard InChI is InChI=1S/C25H19ClN6OS2/c26-19-11-13-20(14-12-19)27-16-32-25(34)33-21(31-32)15-35-24-28-22(17-7-3-1-4-8-17)23(29-30-24)18-9-5-2-6-10-18/h1-14,27H,15-16H2. The number of anilines is 1. The topological polar surface area (TPSA) is 81.7 Å². The summed E-state index contributed by atoms with van der Waals surface area (Å²) in [5.41, 5.74) is 4.34. The lowest BCUT2D eigenvalue weighted by Gasteiger charge is -2.09. The van der Waals surface area contributed by atoms with Crippen molar-refractivity contribution in [2.24, 2.45) is 0 Å². The highest BCUT2D eigenvalue weighted by Crippen LogP contribution is 2.30. The van der Waals surface area contributed by atoms with Crippen molar-refractivity contribution < 1.29 is 4.42 Å². The third-order valence-electron chi connectivity index (χ3n) is 5.01. The van der Waals surface area contributed by atoms with Gasteiger partial charge < -0.3 is 9.73 Å². The highest BCUT2D eigenvalue weighted by molar-refractivity contribution is 7.98. The summed E-state index contributed by atoms with van der Waals surface area (Å²) in [6.07, 6.45) is 0. The van der Waals surface area contributed by atoms with Crippen molar-refractivity contribution in [1.29, 1.82) is 0 Å². The predicted octanol–water partition coefficient (Wildman–Crippen LogP) is 6.74. The van der Waals surface area contributed by atoms with Gasteiger partial charge in [-0.05, 0) is 36.5 Å². The smallest absolute Gasteiger partial charge is 0.288 e. The second-order valence-corrected chi connectivity index (χ2v) is 9.14. The Labute approximate surface area is 216 Å². The van der Waals surface area contributed by atoms with E-state index in [-0.39, 0.29) is 4.84 Å². The van der Waals surface area contributed by atoms with Gasteiger partial charge >= 0.3 is 0 Å². The van der Waals surface area contributed by atoms with Crippen molar-refractivity contribution in [3.63, 3.8) is 0 Å². The molecule has 0 fully saturated rings. The Bertz CT molecular complexity index is 1470. The average Bonchev–Trinajstić information content (AvgIpc) is 3.27. The Morgan fingerprint density at radius 1 is 0.857 bits per heavy atom. The lowest BCUT2D eigenvalue weighted by atomic mass is 10.0. The fourth-order valence-electron chi connectivity index (χ4n) is 3.33. The van der Waals surface area contributed by atoms with E-state index >= 15 is 0 Å². The van der Waals surface area contributed by atoms with Gasteiger partial charge in [-0.3, -0.25) is 0 Å². The van der Waals surface area contributed by atoms with Gasteiger partial charge in [-0.1, -0.05) is 84.0 Å². The largest absolute Gasteiger partial charge is 0.413 e. The van der Waals surface area contributed by atoms with Crippen LogP contribution in [-0.4, -0.2) is 25.0 Å². The van der Waals surface area contributed by atoms with E-state index in [1.54, 1.807) is 4.68 Å². The van der Waals surface area contributed by atoms with Gasteiger partial charge in [-0.25, -0.2) is 9.67 Å². The number of hydrogen-bond acceptors (Lipinski definition) is 8. The summed E-state index contributed by atoms with van der Waals surface area (Å²) < 4.78 is 7.25. The number of aromatic nitrogens is 5. The summed E-state index contributed by atoms with van der Waals surface area (Å²) in [6, 6.07) is 27.3. The molecule has 0 spiro atoms. The molecule has 10 heteroatoms. The van der Waals surface area contributed by atoms with Crippen LogP contribution >= 0.6 is 35.6 Å². The number of benzene rings is 3. The quantitative estimate of drug-likeness (QED) is 0.178. The molecular weight excluding hydrogens is 500 g/mol. The molecule has 0 saturated carbocycles. The number of nitrogens with zero attached hydrogens (tertiary/aromatic N) is 5. The van der Waals surface area contributed by atoms with E-state index in [9.17, 15) is 0 Å². The van der Waals surface area contributed by atoms with Gasteiger partial charge in [0.05, 0.1) is 5.75 Å². The number of rotatable bonds is 8. The van der Waals surface area contributed by atoms with E-state index in [0.717, 1.165) is 28.2 Å². The van der Waals surface area contributed by atoms with Crippen molar-refractivity contribution in [3.8, 4) is 22.5 Å². The van der Waals surface area contributed by atoms with Crippen LogP contribution in [0.1, 0.15) is 5.89 Å². The molecule has 0 bridgehead atoms. The molecule has 1 N–H and O–H groups in total. The molecular formula is C25H19ClN6OS2. The lowest BCUT2D eigenvalue weighted by Crippen LogP contribution is -2.09. The van der Waals surface area contributed by atoms with Crippen LogP contribution in [0.25, 0.3) is 22.5 Å². The van der Waals surface area contributed by atoms with Crippen molar-refractivity contribution in [2.45, 2.75) is 17.6 Å². The summed E-state index contributed by atoms with van der Waals surface area (Å²) in [5, 5.41) is 17.7. The van der Waals surface area contributed by atoms with E-state index in [4.69, 9.17) is 33.2 Å². The Morgan fingerprint density at radius 3 is 2.20 bits per heavy atom. The van der Waals surface area contributed by atoms with E-state index in [2.05, 4.69) is 20.6 Å². The molecule has 0 atom stereocenters. The molecule has 5 rings (SSSR count). The zero-order chi connectivity index (χ0) is 24.0. The summed E-state index contributed by atoms with van der Waals surface area (Å²) >= 11 is 12.6. The van der Waals surface area contributed by atoms with Crippen molar-refractivity contribution in [2.75, 3.05) is 5.32 Å². The van der Waals surface area contributed by atoms with Crippen LogP contribution in [0.2, 0.25) is 5.02 Å². The summed E-state index contributed by atoms with van der Waals surface area (Å²) in [4.78, 5) is 5.09. The second kappa shape index (κ2) is 10.8. The van der Waals surface area contributed by atoms with E-state index < -0.39 is 0 Å². The third-order valence-corrected chi connectivity index (χ3v) is 6.38. The molecule has 0 radical (unpaired) electrons. The van der Waals surface area contributed by atoms with E-state index in [0.29, 0.717) is 28.5 Å². The zero-order valence-electron chi connectivity index (χ0n) is 18.3. The maximum Gasteiger partial charge on any atom is 0.288 e. The van der Waals surface area contributed by atoms with Crippen LogP contribution in [-0.2, 0) is 12.4 Å². The molecule has 0 aliphatic carbocycles. The van der Waals surface area contributed by atoms with Gasteiger partial charge in [0.15, 0.2) is 0 Å². The molecule has 0 amide bonds. The summed E-state index contributed by atoms with van der Waals surface area (Å²) in [6.45, 7) is 0.372. The first kappa shape index (κ1) is 23.2. The van der Waals surface area contributed by atoms with Crippen molar-refractivity contribution in [3.05, 3.63) is 101 Å². The first-order chi connectivity index (χ1) is 17.2.